The molecule has 0 bridgehead atoms. The Hall–Kier alpha value is -1.59. The lowest BCUT2D eigenvalue weighted by Gasteiger charge is -2.29. The lowest BCUT2D eigenvalue weighted by molar-refractivity contribution is 0.688. The van der Waals surface area contributed by atoms with Crippen LogP contribution in [-0.4, -0.2) is 11.0 Å². The summed E-state index contributed by atoms with van der Waals surface area (Å²) in [4.78, 5) is 8.06. The predicted molar refractivity (Wildman–Crippen MR) is 89.7 cm³/mol. The molecule has 0 radical (unpaired) electrons. The van der Waals surface area contributed by atoms with Crippen molar-refractivity contribution >= 4 is 44.3 Å². The summed E-state index contributed by atoms with van der Waals surface area (Å²) in [7, 11) is 0. The Morgan fingerprint density at radius 3 is 2.80 bits per heavy atom. The van der Waals surface area contributed by atoms with Gasteiger partial charge in [0.15, 0.2) is 0 Å². The van der Waals surface area contributed by atoms with E-state index in [4.69, 9.17) is 5.73 Å². The number of hydrogen-bond donors (Lipinski definition) is 1. The summed E-state index contributed by atoms with van der Waals surface area (Å²) in [5.41, 5.74) is 11.0. The highest BCUT2D eigenvalue weighted by atomic mass is 32.1. The van der Waals surface area contributed by atoms with Crippen molar-refractivity contribution in [3.8, 4) is 0 Å². The van der Waals surface area contributed by atoms with Gasteiger partial charge in [0.05, 0.1) is 28.1 Å². The molecule has 0 spiro atoms. The summed E-state index contributed by atoms with van der Waals surface area (Å²) in [5, 5.41) is 2.11. The molecule has 0 atom stereocenters. The van der Waals surface area contributed by atoms with Gasteiger partial charge >= 0.3 is 0 Å². The van der Waals surface area contributed by atoms with E-state index in [0.29, 0.717) is 6.04 Å². The van der Waals surface area contributed by atoms with Gasteiger partial charge in [-0.05, 0) is 37.4 Å². The van der Waals surface area contributed by atoms with Gasteiger partial charge in [-0.3, -0.25) is 0 Å². The number of hydrogen-bond acceptors (Lipinski definition) is 5. The molecule has 3 aromatic rings. The Kier molecular flexibility index (Phi) is 3.63. The molecular formula is C15H17N3S2. The lowest BCUT2D eigenvalue weighted by Crippen LogP contribution is -2.30. The zero-order valence-corrected chi connectivity index (χ0v) is 13.2. The first kappa shape index (κ1) is 13.4. The van der Waals surface area contributed by atoms with Crippen LogP contribution in [0.2, 0.25) is 0 Å². The number of anilines is 2. The molecule has 0 aliphatic heterocycles. The lowest BCUT2D eigenvalue weighted by atomic mass is 10.2. The summed E-state index contributed by atoms with van der Waals surface area (Å²) in [6.45, 7) is 5.27. The largest absolute Gasteiger partial charge is 0.395 e. The van der Waals surface area contributed by atoms with E-state index in [2.05, 4.69) is 53.4 Å². The van der Waals surface area contributed by atoms with Crippen molar-refractivity contribution in [1.82, 2.24) is 4.98 Å². The Morgan fingerprint density at radius 2 is 2.10 bits per heavy atom. The zero-order chi connectivity index (χ0) is 14.1. The fraction of sp³-hybridized carbons (Fsp3) is 0.267. The number of thiophene rings is 1. The second-order valence-corrected chi connectivity index (χ2v) is 6.92. The number of rotatable bonds is 4. The second-order valence-electron chi connectivity index (χ2n) is 5.00. The van der Waals surface area contributed by atoms with Crippen LogP contribution in [0.4, 0.5) is 11.4 Å². The summed E-state index contributed by atoms with van der Waals surface area (Å²) >= 11 is 3.41. The SMILES string of the molecule is CC(C)N(Cc1cccs1)c1ccc2scnc2c1N. The maximum Gasteiger partial charge on any atom is 0.106 e. The van der Waals surface area contributed by atoms with Crippen LogP contribution >= 0.6 is 22.7 Å². The van der Waals surface area contributed by atoms with Crippen molar-refractivity contribution in [1.29, 1.82) is 0 Å². The summed E-state index contributed by atoms with van der Waals surface area (Å²) < 4.78 is 1.14. The molecule has 0 aliphatic carbocycles. The Labute approximate surface area is 126 Å². The van der Waals surface area contributed by atoms with Crippen LogP contribution in [-0.2, 0) is 6.54 Å². The van der Waals surface area contributed by atoms with Crippen molar-refractivity contribution in [3.63, 3.8) is 0 Å². The van der Waals surface area contributed by atoms with Crippen LogP contribution < -0.4 is 10.6 Å². The first-order chi connectivity index (χ1) is 9.66. The van der Waals surface area contributed by atoms with Crippen LogP contribution in [0.15, 0.2) is 35.2 Å². The number of benzene rings is 1. The first-order valence-corrected chi connectivity index (χ1v) is 8.33. The van der Waals surface area contributed by atoms with Crippen LogP contribution in [0.5, 0.6) is 0 Å². The van der Waals surface area contributed by atoms with E-state index in [1.165, 1.54) is 4.88 Å². The highest BCUT2D eigenvalue weighted by Gasteiger charge is 2.17. The Balaban J connectivity index is 2.02. The van der Waals surface area contributed by atoms with E-state index in [0.717, 1.165) is 28.1 Å². The summed E-state index contributed by atoms with van der Waals surface area (Å²) in [6.07, 6.45) is 0. The molecule has 2 heterocycles. The molecule has 0 amide bonds. The van der Waals surface area contributed by atoms with E-state index >= 15 is 0 Å². The quantitative estimate of drug-likeness (QED) is 0.728. The number of nitrogen functional groups attached to an aromatic ring is 1. The van der Waals surface area contributed by atoms with Crippen molar-refractivity contribution in [3.05, 3.63) is 40.0 Å². The smallest absolute Gasteiger partial charge is 0.106 e. The molecule has 5 heteroatoms. The van der Waals surface area contributed by atoms with Crippen molar-refractivity contribution in [2.75, 3.05) is 10.6 Å². The molecule has 2 N–H and O–H groups in total. The van der Waals surface area contributed by atoms with E-state index < -0.39 is 0 Å². The monoisotopic (exact) mass is 303 g/mol. The molecule has 0 unspecified atom stereocenters. The number of nitrogens with zero attached hydrogens (tertiary/aromatic N) is 2. The second kappa shape index (κ2) is 5.42. The first-order valence-electron chi connectivity index (χ1n) is 6.57. The molecule has 1 aromatic carbocycles. The third-order valence-electron chi connectivity index (χ3n) is 3.36. The number of nitrogens with two attached hydrogens (primary N) is 1. The minimum Gasteiger partial charge on any atom is -0.395 e. The molecule has 104 valence electrons. The van der Waals surface area contributed by atoms with Gasteiger partial charge in [0.25, 0.3) is 0 Å². The normalized spacial score (nSPS) is 11.3. The number of fused-ring (bicyclic) bond motifs is 1. The van der Waals surface area contributed by atoms with E-state index in [9.17, 15) is 0 Å². The van der Waals surface area contributed by atoms with Crippen molar-refractivity contribution < 1.29 is 0 Å². The molecule has 3 nitrogen and oxygen atoms in total. The van der Waals surface area contributed by atoms with Gasteiger partial charge < -0.3 is 10.6 Å². The third kappa shape index (κ3) is 2.39. The number of thiazole rings is 1. The molecule has 20 heavy (non-hydrogen) atoms. The highest BCUT2D eigenvalue weighted by Crippen LogP contribution is 2.34. The van der Waals surface area contributed by atoms with E-state index in [1.54, 1.807) is 22.7 Å². The van der Waals surface area contributed by atoms with E-state index in [1.807, 2.05) is 5.51 Å². The van der Waals surface area contributed by atoms with Gasteiger partial charge in [-0.15, -0.1) is 22.7 Å². The molecule has 3 rings (SSSR count). The standard InChI is InChI=1S/C15H17N3S2/c1-10(2)18(8-11-4-3-7-19-11)12-5-6-13-15(14(12)16)17-9-20-13/h3-7,9-10H,8,16H2,1-2H3. The van der Waals surface area contributed by atoms with Crippen molar-refractivity contribution in [2.24, 2.45) is 0 Å². The maximum absolute atomic E-state index is 6.34. The Bertz CT molecular complexity index is 701. The van der Waals surface area contributed by atoms with Gasteiger partial charge in [-0.1, -0.05) is 6.07 Å². The molecular weight excluding hydrogens is 286 g/mol. The minimum absolute atomic E-state index is 0.385. The summed E-state index contributed by atoms with van der Waals surface area (Å²) in [5.74, 6) is 0. The van der Waals surface area contributed by atoms with Crippen molar-refractivity contribution in [2.45, 2.75) is 26.4 Å². The van der Waals surface area contributed by atoms with Gasteiger partial charge in [0.1, 0.15) is 5.52 Å². The molecule has 0 saturated carbocycles. The molecule has 2 aromatic heterocycles. The van der Waals surface area contributed by atoms with Crippen LogP contribution in [0, 0.1) is 0 Å². The fourth-order valence-corrected chi connectivity index (χ4v) is 3.70. The fourth-order valence-electron chi connectivity index (χ4n) is 2.31. The Morgan fingerprint density at radius 1 is 1.25 bits per heavy atom. The van der Waals surface area contributed by atoms with Gasteiger partial charge in [0.2, 0.25) is 0 Å². The topological polar surface area (TPSA) is 42.2 Å². The van der Waals surface area contributed by atoms with E-state index in [-0.39, 0.29) is 0 Å². The maximum atomic E-state index is 6.34. The van der Waals surface area contributed by atoms with Gasteiger partial charge in [0, 0.05) is 10.9 Å². The highest BCUT2D eigenvalue weighted by molar-refractivity contribution is 7.16. The van der Waals surface area contributed by atoms with Crippen LogP contribution in [0.1, 0.15) is 18.7 Å². The molecule has 0 aliphatic rings. The van der Waals surface area contributed by atoms with Crippen LogP contribution in [0.25, 0.3) is 10.2 Å². The molecule has 0 fully saturated rings. The van der Waals surface area contributed by atoms with Gasteiger partial charge in [-0.25, -0.2) is 4.98 Å². The van der Waals surface area contributed by atoms with Crippen LogP contribution in [0.3, 0.4) is 0 Å². The third-order valence-corrected chi connectivity index (χ3v) is 5.01. The zero-order valence-electron chi connectivity index (χ0n) is 11.5. The molecule has 0 saturated heterocycles. The summed E-state index contributed by atoms with van der Waals surface area (Å²) in [6, 6.07) is 8.87. The minimum atomic E-state index is 0.385. The average molecular weight is 303 g/mol. The van der Waals surface area contributed by atoms with Gasteiger partial charge in [-0.2, -0.15) is 0 Å². The average Bonchev–Trinajstić information content (AvgIpc) is 3.08. The predicted octanol–water partition coefficient (Wildman–Crippen LogP) is 4.36. The number of aromatic nitrogens is 1.